The molecule has 0 aliphatic carbocycles. The number of rotatable bonds is 8. The van der Waals surface area contributed by atoms with Gasteiger partial charge in [-0.05, 0) is 42.9 Å². The number of hydrogen-bond acceptors (Lipinski definition) is 5. The average molecular weight is 453 g/mol. The van der Waals surface area contributed by atoms with Crippen LogP contribution in [0.15, 0.2) is 29.2 Å². The van der Waals surface area contributed by atoms with Crippen LogP contribution in [0, 0.1) is 11.8 Å². The van der Waals surface area contributed by atoms with Gasteiger partial charge in [-0.2, -0.15) is 0 Å². The Kier molecular flexibility index (Phi) is 8.85. The highest BCUT2D eigenvalue weighted by atomic mass is 32.2. The third-order valence-electron chi connectivity index (χ3n) is 5.57. The number of urea groups is 2. The Balaban J connectivity index is 1.88. The summed E-state index contributed by atoms with van der Waals surface area (Å²) in [4.78, 5) is 37.8. The van der Waals surface area contributed by atoms with Crippen LogP contribution in [0.4, 0.5) is 9.59 Å². The quantitative estimate of drug-likeness (QED) is 0.558. The highest BCUT2D eigenvalue weighted by Crippen LogP contribution is 2.28. The number of sulfonamides is 1. The molecule has 31 heavy (non-hydrogen) atoms. The number of nitrogens with one attached hydrogen (secondary N) is 3. The molecule has 1 fully saturated rings. The lowest BCUT2D eigenvalue weighted by molar-refractivity contribution is -0.137. The molecule has 3 N–H and O–H groups in total. The summed E-state index contributed by atoms with van der Waals surface area (Å²) in [7, 11) is -2.61. The zero-order valence-corrected chi connectivity index (χ0v) is 19.1. The van der Waals surface area contributed by atoms with E-state index < -0.39 is 16.1 Å². The van der Waals surface area contributed by atoms with Gasteiger partial charge in [-0.1, -0.05) is 38.8 Å². The Bertz CT molecular complexity index is 886. The number of carbonyl (C=O) groups is 3. The van der Waals surface area contributed by atoms with E-state index in [1.165, 1.54) is 24.1 Å². The molecule has 0 saturated carbocycles. The smallest absolute Gasteiger partial charge is 0.328 e. The lowest BCUT2D eigenvalue weighted by Crippen LogP contribution is -2.51. The number of benzene rings is 1. The lowest BCUT2D eigenvalue weighted by Gasteiger charge is -2.35. The van der Waals surface area contributed by atoms with Crippen LogP contribution in [-0.2, 0) is 21.2 Å². The van der Waals surface area contributed by atoms with Gasteiger partial charge >= 0.3 is 12.1 Å². The van der Waals surface area contributed by atoms with Crippen molar-refractivity contribution in [2.45, 2.75) is 50.8 Å². The Labute approximate surface area is 184 Å². The summed E-state index contributed by atoms with van der Waals surface area (Å²) < 4.78 is 26.0. The summed E-state index contributed by atoms with van der Waals surface area (Å²) in [5, 5.41) is 4.97. The molecule has 1 aliphatic rings. The minimum atomic E-state index is -3.94. The van der Waals surface area contributed by atoms with Gasteiger partial charge in [0.2, 0.25) is 5.91 Å². The summed E-state index contributed by atoms with van der Waals surface area (Å²) in [6.45, 7) is 4.91. The summed E-state index contributed by atoms with van der Waals surface area (Å²) in [5.74, 6) is 0.0935. The van der Waals surface area contributed by atoms with E-state index in [0.29, 0.717) is 19.5 Å². The first-order chi connectivity index (χ1) is 14.7. The molecule has 1 heterocycles. The Hall–Kier alpha value is -2.62. The molecule has 2 rings (SSSR count). The fourth-order valence-corrected chi connectivity index (χ4v) is 4.56. The third kappa shape index (κ3) is 6.68. The monoisotopic (exact) mass is 452 g/mol. The Morgan fingerprint density at radius 3 is 2.48 bits per heavy atom. The number of likely N-dealkylation sites (tertiary alicyclic amines) is 1. The van der Waals surface area contributed by atoms with Gasteiger partial charge in [0.1, 0.15) is 0 Å². The summed E-state index contributed by atoms with van der Waals surface area (Å²) >= 11 is 0. The first-order valence-corrected chi connectivity index (χ1v) is 12.1. The fraction of sp³-hybridized carbons (Fsp3) is 0.571. The van der Waals surface area contributed by atoms with E-state index >= 15 is 0 Å². The van der Waals surface area contributed by atoms with Crippen molar-refractivity contribution in [2.24, 2.45) is 11.8 Å². The number of unbranched alkanes of at least 4 members (excludes halogenated alkanes) is 1. The number of carbonyl (C=O) groups excluding carboxylic acids is 3. The largest absolute Gasteiger partial charge is 0.340 e. The molecule has 5 amide bonds. The molecule has 2 atom stereocenters. The first kappa shape index (κ1) is 24.6. The lowest BCUT2D eigenvalue weighted by atomic mass is 9.83. The van der Waals surface area contributed by atoms with Crippen molar-refractivity contribution >= 4 is 28.0 Å². The molecule has 172 valence electrons. The van der Waals surface area contributed by atoms with Crippen molar-refractivity contribution in [1.82, 2.24) is 20.3 Å². The summed E-state index contributed by atoms with van der Waals surface area (Å²) in [6.07, 6.45) is 4.09. The molecule has 2 unspecified atom stereocenters. The van der Waals surface area contributed by atoms with Gasteiger partial charge in [-0.15, -0.1) is 0 Å². The SMILES string of the molecule is CCCCC1C(=O)N(C(=O)NCCc2ccc(S(=O)(=O)NC(=O)NC)cc2)CCC1C. The molecule has 0 bridgehead atoms. The Morgan fingerprint density at radius 1 is 1.19 bits per heavy atom. The van der Waals surface area contributed by atoms with Crippen molar-refractivity contribution in [2.75, 3.05) is 20.1 Å². The molecule has 10 heteroatoms. The van der Waals surface area contributed by atoms with Crippen LogP contribution in [0.25, 0.3) is 0 Å². The average Bonchev–Trinajstić information content (AvgIpc) is 2.73. The molecule has 1 aromatic rings. The molecular weight excluding hydrogens is 420 g/mol. The second-order valence-corrected chi connectivity index (χ2v) is 9.50. The van der Waals surface area contributed by atoms with Crippen LogP contribution in [0.2, 0.25) is 0 Å². The molecule has 1 aromatic carbocycles. The standard InChI is InChI=1S/C21H32N4O5S/c1-4-5-6-18-15(2)12-14-25(19(18)26)21(28)23-13-11-16-7-9-17(10-8-16)31(29,30)24-20(27)22-3/h7-10,15,18H,4-6,11-14H2,1-3H3,(H,23,28)(H2,22,24,27). The zero-order valence-electron chi connectivity index (χ0n) is 18.3. The molecule has 1 saturated heterocycles. The van der Waals surface area contributed by atoms with E-state index in [1.807, 2.05) is 4.72 Å². The maximum absolute atomic E-state index is 12.7. The minimum Gasteiger partial charge on any atom is -0.340 e. The summed E-state index contributed by atoms with van der Waals surface area (Å²) in [5.41, 5.74) is 0.818. The molecule has 0 spiro atoms. The zero-order chi connectivity index (χ0) is 23.0. The Morgan fingerprint density at radius 2 is 1.87 bits per heavy atom. The van der Waals surface area contributed by atoms with Crippen LogP contribution in [0.3, 0.4) is 0 Å². The maximum Gasteiger partial charge on any atom is 0.328 e. The maximum atomic E-state index is 12.7. The molecule has 0 aromatic heterocycles. The van der Waals surface area contributed by atoms with Crippen LogP contribution >= 0.6 is 0 Å². The fourth-order valence-electron chi connectivity index (χ4n) is 3.60. The van der Waals surface area contributed by atoms with E-state index in [9.17, 15) is 22.8 Å². The second kappa shape index (κ2) is 11.1. The van der Waals surface area contributed by atoms with Crippen molar-refractivity contribution in [3.63, 3.8) is 0 Å². The van der Waals surface area contributed by atoms with Crippen LogP contribution in [-0.4, -0.2) is 51.4 Å². The number of amides is 5. The topological polar surface area (TPSA) is 125 Å². The van der Waals surface area contributed by atoms with Crippen molar-refractivity contribution in [1.29, 1.82) is 0 Å². The van der Waals surface area contributed by atoms with E-state index in [2.05, 4.69) is 24.5 Å². The first-order valence-electron chi connectivity index (χ1n) is 10.6. The van der Waals surface area contributed by atoms with Gasteiger partial charge in [0.25, 0.3) is 10.0 Å². The second-order valence-electron chi connectivity index (χ2n) is 7.82. The molecule has 9 nitrogen and oxygen atoms in total. The number of imide groups is 1. The highest BCUT2D eigenvalue weighted by Gasteiger charge is 2.36. The van der Waals surface area contributed by atoms with Gasteiger partial charge in [-0.25, -0.2) is 22.7 Å². The number of piperidine rings is 1. The predicted octanol–water partition coefficient (Wildman–Crippen LogP) is 2.23. The number of hydrogen-bond donors (Lipinski definition) is 3. The van der Waals surface area contributed by atoms with E-state index in [-0.39, 0.29) is 28.7 Å². The number of nitrogens with zero attached hydrogens (tertiary/aromatic N) is 1. The van der Waals surface area contributed by atoms with Crippen molar-refractivity contribution < 1.29 is 22.8 Å². The summed E-state index contributed by atoms with van der Waals surface area (Å²) in [6, 6.07) is 4.85. The molecule has 1 aliphatic heterocycles. The van der Waals surface area contributed by atoms with Gasteiger partial charge in [-0.3, -0.25) is 9.69 Å². The minimum absolute atomic E-state index is 0.0324. The van der Waals surface area contributed by atoms with Gasteiger partial charge in [0, 0.05) is 26.1 Å². The normalized spacial score (nSPS) is 19.1. The predicted molar refractivity (Wildman–Crippen MR) is 117 cm³/mol. The van der Waals surface area contributed by atoms with Gasteiger partial charge < -0.3 is 10.6 Å². The van der Waals surface area contributed by atoms with Crippen LogP contribution < -0.4 is 15.4 Å². The van der Waals surface area contributed by atoms with Gasteiger partial charge in [0.05, 0.1) is 4.90 Å². The van der Waals surface area contributed by atoms with E-state index in [4.69, 9.17) is 0 Å². The van der Waals surface area contributed by atoms with Crippen molar-refractivity contribution in [3.05, 3.63) is 29.8 Å². The van der Waals surface area contributed by atoms with Crippen LogP contribution in [0.5, 0.6) is 0 Å². The molecule has 0 radical (unpaired) electrons. The van der Waals surface area contributed by atoms with E-state index in [0.717, 1.165) is 31.2 Å². The van der Waals surface area contributed by atoms with Gasteiger partial charge in [0.15, 0.2) is 0 Å². The van der Waals surface area contributed by atoms with E-state index in [1.54, 1.807) is 12.1 Å². The third-order valence-corrected chi connectivity index (χ3v) is 6.92. The van der Waals surface area contributed by atoms with Crippen molar-refractivity contribution in [3.8, 4) is 0 Å². The molecular formula is C21H32N4O5S. The highest BCUT2D eigenvalue weighted by molar-refractivity contribution is 7.90. The van der Waals surface area contributed by atoms with Crippen LogP contribution in [0.1, 0.15) is 45.1 Å².